The van der Waals surface area contributed by atoms with Crippen LogP contribution in [0.2, 0.25) is 0 Å². The standard InChI is InChI=1S/C19H38N4O2.HI/c1-17-5-12-23(13-6-17)11-3-9-21-19(20-2)22-10-4-14-25-18-7-15-24-16-8-18;/h17-18H,3-16H2,1-2H3,(H2,20,21,22);1H. The number of ether oxygens (including phenoxy) is 2. The molecular formula is C19H39IN4O2. The first-order chi connectivity index (χ1) is 12.3. The highest BCUT2D eigenvalue weighted by Gasteiger charge is 2.15. The van der Waals surface area contributed by atoms with Gasteiger partial charge in [0.15, 0.2) is 5.96 Å². The van der Waals surface area contributed by atoms with E-state index in [1.807, 2.05) is 7.05 Å². The number of guanidine groups is 1. The number of nitrogens with zero attached hydrogens (tertiary/aromatic N) is 2. The zero-order chi connectivity index (χ0) is 17.7. The third-order valence-corrected chi connectivity index (χ3v) is 5.18. The van der Waals surface area contributed by atoms with Gasteiger partial charge in [0.25, 0.3) is 0 Å². The molecule has 7 heteroatoms. The van der Waals surface area contributed by atoms with Gasteiger partial charge in [-0.2, -0.15) is 0 Å². The van der Waals surface area contributed by atoms with Crippen LogP contribution >= 0.6 is 24.0 Å². The minimum absolute atomic E-state index is 0. The minimum Gasteiger partial charge on any atom is -0.381 e. The Morgan fingerprint density at radius 2 is 1.73 bits per heavy atom. The van der Waals surface area contributed by atoms with Crippen molar-refractivity contribution in [3.8, 4) is 0 Å². The number of nitrogens with one attached hydrogen (secondary N) is 2. The second kappa shape index (κ2) is 14.9. The van der Waals surface area contributed by atoms with Gasteiger partial charge in [0.2, 0.25) is 0 Å². The fraction of sp³-hybridized carbons (Fsp3) is 0.947. The van der Waals surface area contributed by atoms with E-state index < -0.39 is 0 Å². The molecule has 0 saturated carbocycles. The van der Waals surface area contributed by atoms with E-state index in [9.17, 15) is 0 Å². The minimum atomic E-state index is 0. The molecule has 0 aliphatic carbocycles. The Hall–Kier alpha value is -0.120. The predicted octanol–water partition coefficient (Wildman–Crippen LogP) is 2.48. The van der Waals surface area contributed by atoms with Crippen LogP contribution in [0.4, 0.5) is 0 Å². The zero-order valence-electron chi connectivity index (χ0n) is 16.7. The van der Waals surface area contributed by atoms with E-state index in [1.165, 1.54) is 38.9 Å². The van der Waals surface area contributed by atoms with E-state index in [1.54, 1.807) is 0 Å². The van der Waals surface area contributed by atoms with Crippen LogP contribution in [-0.4, -0.2) is 76.6 Å². The Labute approximate surface area is 176 Å². The molecule has 2 aliphatic heterocycles. The summed E-state index contributed by atoms with van der Waals surface area (Å²) >= 11 is 0. The molecule has 26 heavy (non-hydrogen) atoms. The predicted molar refractivity (Wildman–Crippen MR) is 119 cm³/mol. The summed E-state index contributed by atoms with van der Waals surface area (Å²) in [5.41, 5.74) is 0. The van der Waals surface area contributed by atoms with Gasteiger partial charge in [0, 0.05) is 40.0 Å². The molecule has 0 amide bonds. The zero-order valence-corrected chi connectivity index (χ0v) is 19.0. The van der Waals surface area contributed by atoms with Gasteiger partial charge in [0.1, 0.15) is 0 Å². The highest BCUT2D eigenvalue weighted by molar-refractivity contribution is 14.0. The van der Waals surface area contributed by atoms with Crippen LogP contribution < -0.4 is 10.6 Å². The molecule has 0 aromatic heterocycles. The summed E-state index contributed by atoms with van der Waals surface area (Å²) in [4.78, 5) is 6.88. The molecule has 0 spiro atoms. The number of aliphatic imine (C=N–C) groups is 1. The molecule has 2 fully saturated rings. The van der Waals surface area contributed by atoms with Gasteiger partial charge in [-0.25, -0.2) is 0 Å². The van der Waals surface area contributed by atoms with Crippen LogP contribution in [0.1, 0.15) is 45.4 Å². The molecule has 154 valence electrons. The summed E-state index contributed by atoms with van der Waals surface area (Å²) in [6.07, 6.45) is 7.34. The van der Waals surface area contributed by atoms with Gasteiger partial charge < -0.3 is 25.0 Å². The Kier molecular flexibility index (Phi) is 13.7. The molecule has 0 atom stereocenters. The van der Waals surface area contributed by atoms with Crippen molar-refractivity contribution in [2.45, 2.75) is 51.6 Å². The Bertz CT molecular complexity index is 371. The number of likely N-dealkylation sites (tertiary alicyclic amines) is 1. The van der Waals surface area contributed by atoms with E-state index in [4.69, 9.17) is 9.47 Å². The molecular weight excluding hydrogens is 443 g/mol. The summed E-state index contributed by atoms with van der Waals surface area (Å²) in [5, 5.41) is 6.78. The van der Waals surface area contributed by atoms with E-state index in [0.29, 0.717) is 6.10 Å². The quantitative estimate of drug-likeness (QED) is 0.229. The van der Waals surface area contributed by atoms with Crippen molar-refractivity contribution < 1.29 is 9.47 Å². The highest BCUT2D eigenvalue weighted by Crippen LogP contribution is 2.15. The number of hydrogen-bond donors (Lipinski definition) is 2. The maximum Gasteiger partial charge on any atom is 0.190 e. The molecule has 0 radical (unpaired) electrons. The molecule has 2 rings (SSSR count). The smallest absolute Gasteiger partial charge is 0.190 e. The van der Waals surface area contributed by atoms with Crippen LogP contribution in [0.5, 0.6) is 0 Å². The van der Waals surface area contributed by atoms with Gasteiger partial charge in [-0.1, -0.05) is 6.92 Å². The molecule has 2 aliphatic rings. The Balaban J connectivity index is 0.00000338. The monoisotopic (exact) mass is 482 g/mol. The maximum absolute atomic E-state index is 5.89. The van der Waals surface area contributed by atoms with Gasteiger partial charge in [-0.15, -0.1) is 24.0 Å². The van der Waals surface area contributed by atoms with Gasteiger partial charge in [-0.3, -0.25) is 4.99 Å². The highest BCUT2D eigenvalue weighted by atomic mass is 127. The van der Waals surface area contributed by atoms with Crippen LogP contribution in [0.15, 0.2) is 4.99 Å². The lowest BCUT2D eigenvalue weighted by Crippen LogP contribution is -2.40. The summed E-state index contributed by atoms with van der Waals surface area (Å²) < 4.78 is 11.2. The van der Waals surface area contributed by atoms with Crippen LogP contribution in [0.25, 0.3) is 0 Å². The molecule has 0 aromatic rings. The van der Waals surface area contributed by atoms with Crippen LogP contribution in [0, 0.1) is 5.92 Å². The summed E-state index contributed by atoms with van der Waals surface area (Å²) in [5.74, 6) is 1.81. The van der Waals surface area contributed by atoms with E-state index in [2.05, 4.69) is 27.4 Å². The SMILES string of the molecule is CN=C(NCCCOC1CCOCC1)NCCCN1CCC(C)CC1.I. The largest absolute Gasteiger partial charge is 0.381 e. The van der Waals surface area contributed by atoms with Crippen molar-refractivity contribution in [1.29, 1.82) is 0 Å². The maximum atomic E-state index is 5.89. The summed E-state index contributed by atoms with van der Waals surface area (Å²) in [6.45, 7) is 10.5. The number of hydrogen-bond acceptors (Lipinski definition) is 4. The fourth-order valence-corrected chi connectivity index (χ4v) is 3.39. The third-order valence-electron chi connectivity index (χ3n) is 5.18. The normalized spacial score (nSPS) is 20.6. The lowest BCUT2D eigenvalue weighted by Gasteiger charge is -2.30. The first kappa shape index (κ1) is 23.9. The van der Waals surface area contributed by atoms with Gasteiger partial charge >= 0.3 is 0 Å². The van der Waals surface area contributed by atoms with Crippen molar-refractivity contribution in [2.75, 3.05) is 59.6 Å². The second-order valence-electron chi connectivity index (χ2n) is 7.34. The summed E-state index contributed by atoms with van der Waals surface area (Å²) in [6, 6.07) is 0. The molecule has 0 aromatic carbocycles. The number of halogens is 1. The lowest BCUT2D eigenvalue weighted by atomic mass is 9.99. The molecule has 6 nitrogen and oxygen atoms in total. The van der Waals surface area contributed by atoms with Crippen molar-refractivity contribution in [2.24, 2.45) is 10.9 Å². The second-order valence-corrected chi connectivity index (χ2v) is 7.34. The molecule has 0 unspecified atom stereocenters. The first-order valence-electron chi connectivity index (χ1n) is 10.1. The van der Waals surface area contributed by atoms with E-state index >= 15 is 0 Å². The van der Waals surface area contributed by atoms with E-state index in [-0.39, 0.29) is 24.0 Å². The molecule has 2 N–H and O–H groups in total. The fourth-order valence-electron chi connectivity index (χ4n) is 3.39. The van der Waals surface area contributed by atoms with Crippen molar-refractivity contribution >= 4 is 29.9 Å². The first-order valence-corrected chi connectivity index (χ1v) is 10.1. The van der Waals surface area contributed by atoms with Crippen LogP contribution in [0.3, 0.4) is 0 Å². The summed E-state index contributed by atoms with van der Waals surface area (Å²) in [7, 11) is 1.83. The Morgan fingerprint density at radius 1 is 1.08 bits per heavy atom. The number of piperidine rings is 1. The van der Waals surface area contributed by atoms with Crippen LogP contribution in [-0.2, 0) is 9.47 Å². The topological polar surface area (TPSA) is 58.1 Å². The third kappa shape index (κ3) is 10.3. The van der Waals surface area contributed by atoms with Crippen molar-refractivity contribution in [3.05, 3.63) is 0 Å². The van der Waals surface area contributed by atoms with Crippen molar-refractivity contribution in [3.63, 3.8) is 0 Å². The molecule has 2 saturated heterocycles. The van der Waals surface area contributed by atoms with Gasteiger partial charge in [0.05, 0.1) is 6.10 Å². The average Bonchev–Trinajstić information content (AvgIpc) is 2.65. The molecule has 0 bridgehead atoms. The van der Waals surface area contributed by atoms with E-state index in [0.717, 1.165) is 64.1 Å². The van der Waals surface area contributed by atoms with Gasteiger partial charge in [-0.05, 0) is 64.1 Å². The lowest BCUT2D eigenvalue weighted by molar-refractivity contribution is -0.0320. The number of rotatable bonds is 9. The average molecular weight is 482 g/mol. The van der Waals surface area contributed by atoms with Crippen molar-refractivity contribution in [1.82, 2.24) is 15.5 Å². The Morgan fingerprint density at radius 3 is 2.38 bits per heavy atom. The molecule has 2 heterocycles.